The summed E-state index contributed by atoms with van der Waals surface area (Å²) in [5, 5.41) is 0.236. The van der Waals surface area contributed by atoms with Crippen LogP contribution in [0.4, 0.5) is 13.2 Å². The van der Waals surface area contributed by atoms with E-state index in [2.05, 4.69) is 4.98 Å². The molecule has 0 saturated carbocycles. The third-order valence-electron chi connectivity index (χ3n) is 3.05. The molecule has 0 amide bonds. The number of nitrogens with one attached hydrogen (secondary N) is 1. The zero-order chi connectivity index (χ0) is 14.3. The van der Waals surface area contributed by atoms with Gasteiger partial charge in [0, 0.05) is 17.6 Å². The first-order valence-electron chi connectivity index (χ1n) is 5.95. The van der Waals surface area contributed by atoms with E-state index in [1.807, 2.05) is 0 Å². The first-order valence-corrected chi connectivity index (χ1v) is 5.95. The second-order valence-corrected chi connectivity index (χ2v) is 4.45. The van der Waals surface area contributed by atoms with Crippen LogP contribution in [0, 0.1) is 24.4 Å². The molecule has 0 unspecified atom stereocenters. The highest BCUT2D eigenvalue weighted by Crippen LogP contribution is 2.33. The van der Waals surface area contributed by atoms with Crippen molar-refractivity contribution in [2.24, 2.45) is 0 Å². The zero-order valence-electron chi connectivity index (χ0n) is 10.5. The molecule has 0 radical (unpaired) electrons. The van der Waals surface area contributed by atoms with Crippen molar-refractivity contribution >= 4 is 10.9 Å². The Hall–Kier alpha value is -2.43. The van der Waals surface area contributed by atoms with Crippen LogP contribution in [-0.4, -0.2) is 4.98 Å². The molecule has 1 heterocycles. The number of ether oxygens (including phenoxy) is 1. The Bertz CT molecular complexity index is 795. The van der Waals surface area contributed by atoms with Crippen molar-refractivity contribution in [1.29, 1.82) is 0 Å². The molecule has 0 aliphatic carbocycles. The lowest BCUT2D eigenvalue weighted by molar-refractivity contribution is 0.410. The minimum absolute atomic E-state index is 0.177. The summed E-state index contributed by atoms with van der Waals surface area (Å²) in [5.74, 6) is -2.33. The summed E-state index contributed by atoms with van der Waals surface area (Å²) in [5.41, 5.74) is 0.689. The molecule has 1 aromatic heterocycles. The van der Waals surface area contributed by atoms with Crippen molar-refractivity contribution in [3.05, 3.63) is 59.5 Å². The minimum atomic E-state index is -0.820. The van der Waals surface area contributed by atoms with Crippen molar-refractivity contribution in [1.82, 2.24) is 4.98 Å². The fourth-order valence-corrected chi connectivity index (χ4v) is 2.00. The molecule has 0 fully saturated rings. The lowest BCUT2D eigenvalue weighted by atomic mass is 10.2. The third kappa shape index (κ3) is 2.01. The first kappa shape index (κ1) is 12.6. The number of benzene rings is 2. The van der Waals surface area contributed by atoms with Gasteiger partial charge < -0.3 is 9.72 Å². The molecular formula is C15H10F3NO. The summed E-state index contributed by atoms with van der Waals surface area (Å²) in [7, 11) is 0. The predicted molar refractivity (Wildman–Crippen MR) is 69.4 cm³/mol. The van der Waals surface area contributed by atoms with Crippen molar-refractivity contribution in [3.63, 3.8) is 0 Å². The molecule has 0 aliphatic heterocycles. The molecule has 0 saturated heterocycles. The summed E-state index contributed by atoms with van der Waals surface area (Å²) in [6.07, 6.45) is 1.51. The number of H-pyrrole nitrogens is 1. The van der Waals surface area contributed by atoms with Gasteiger partial charge in [-0.25, -0.2) is 13.2 Å². The highest BCUT2D eigenvalue weighted by molar-refractivity contribution is 5.82. The number of hydrogen-bond donors (Lipinski definition) is 1. The molecule has 2 aromatic carbocycles. The fourth-order valence-electron chi connectivity index (χ4n) is 2.00. The maximum absolute atomic E-state index is 14.2. The van der Waals surface area contributed by atoms with E-state index in [-0.39, 0.29) is 11.1 Å². The topological polar surface area (TPSA) is 25.0 Å². The predicted octanol–water partition coefficient (Wildman–Crippen LogP) is 4.69. The van der Waals surface area contributed by atoms with E-state index >= 15 is 0 Å². The number of aryl methyl sites for hydroxylation is 1. The molecular weight excluding hydrogens is 267 g/mol. The van der Waals surface area contributed by atoms with Crippen LogP contribution in [-0.2, 0) is 0 Å². The lowest BCUT2D eigenvalue weighted by Crippen LogP contribution is -1.94. The van der Waals surface area contributed by atoms with Crippen LogP contribution < -0.4 is 4.74 Å². The van der Waals surface area contributed by atoms with Crippen LogP contribution in [0.25, 0.3) is 10.9 Å². The minimum Gasteiger partial charge on any atom is -0.451 e. The van der Waals surface area contributed by atoms with Crippen LogP contribution in [0.1, 0.15) is 5.56 Å². The molecule has 0 atom stereocenters. The van der Waals surface area contributed by atoms with Crippen molar-refractivity contribution in [2.45, 2.75) is 6.92 Å². The Morgan fingerprint density at radius 2 is 1.80 bits per heavy atom. The van der Waals surface area contributed by atoms with E-state index in [4.69, 9.17) is 4.74 Å². The Morgan fingerprint density at radius 3 is 2.55 bits per heavy atom. The molecule has 0 aliphatic rings. The van der Waals surface area contributed by atoms with E-state index in [0.717, 1.165) is 6.07 Å². The van der Waals surface area contributed by atoms with Gasteiger partial charge in [0.15, 0.2) is 17.4 Å². The second kappa shape index (κ2) is 4.59. The van der Waals surface area contributed by atoms with Gasteiger partial charge in [-0.05, 0) is 36.8 Å². The van der Waals surface area contributed by atoms with Gasteiger partial charge in [-0.2, -0.15) is 0 Å². The summed E-state index contributed by atoms with van der Waals surface area (Å²) in [4.78, 5) is 2.72. The van der Waals surface area contributed by atoms with E-state index < -0.39 is 23.2 Å². The number of rotatable bonds is 2. The molecule has 0 spiro atoms. The van der Waals surface area contributed by atoms with Crippen LogP contribution in [0.5, 0.6) is 11.5 Å². The molecule has 102 valence electrons. The van der Waals surface area contributed by atoms with Crippen molar-refractivity contribution in [2.75, 3.05) is 0 Å². The van der Waals surface area contributed by atoms with Gasteiger partial charge in [0.05, 0.1) is 5.52 Å². The standard InChI is InChI=1S/C15H10F3NO/c1-8-6-9(2-3-11(8)16)20-15-12(17)7-13-10(14(15)18)4-5-19-13/h2-7,19H,1H3. The molecule has 2 nitrogen and oxygen atoms in total. The SMILES string of the molecule is Cc1cc(Oc2c(F)cc3[nH]ccc3c2F)ccc1F. The Balaban J connectivity index is 2.07. The van der Waals surface area contributed by atoms with Crippen molar-refractivity contribution < 1.29 is 17.9 Å². The highest BCUT2D eigenvalue weighted by atomic mass is 19.1. The van der Waals surface area contributed by atoms with Gasteiger partial charge in [0.25, 0.3) is 0 Å². The largest absolute Gasteiger partial charge is 0.451 e. The average Bonchev–Trinajstić information content (AvgIpc) is 2.87. The normalized spacial score (nSPS) is 11.0. The van der Waals surface area contributed by atoms with Gasteiger partial charge >= 0.3 is 0 Å². The summed E-state index contributed by atoms with van der Waals surface area (Å²) in [6.45, 7) is 1.55. The molecule has 20 heavy (non-hydrogen) atoms. The number of aromatic amines is 1. The lowest BCUT2D eigenvalue weighted by Gasteiger charge is -2.09. The molecule has 3 rings (SSSR count). The summed E-state index contributed by atoms with van der Waals surface area (Å²) >= 11 is 0. The second-order valence-electron chi connectivity index (χ2n) is 4.45. The van der Waals surface area contributed by atoms with Gasteiger partial charge in [-0.1, -0.05) is 0 Å². The zero-order valence-corrected chi connectivity index (χ0v) is 10.5. The summed E-state index contributed by atoms with van der Waals surface area (Å²) in [6, 6.07) is 6.55. The molecule has 5 heteroatoms. The Morgan fingerprint density at radius 1 is 1.00 bits per heavy atom. The quantitative estimate of drug-likeness (QED) is 0.722. The summed E-state index contributed by atoms with van der Waals surface area (Å²) < 4.78 is 46.4. The highest BCUT2D eigenvalue weighted by Gasteiger charge is 2.17. The Labute approximate surface area is 112 Å². The number of fused-ring (bicyclic) bond motifs is 1. The average molecular weight is 277 g/mol. The first-order chi connectivity index (χ1) is 9.56. The number of hydrogen-bond acceptors (Lipinski definition) is 1. The van der Waals surface area contributed by atoms with Gasteiger partial charge in [0.2, 0.25) is 0 Å². The van der Waals surface area contributed by atoms with Crippen LogP contribution >= 0.6 is 0 Å². The monoisotopic (exact) mass is 277 g/mol. The molecule has 0 bridgehead atoms. The third-order valence-corrected chi connectivity index (χ3v) is 3.05. The van der Waals surface area contributed by atoms with Gasteiger partial charge in [-0.3, -0.25) is 0 Å². The van der Waals surface area contributed by atoms with Gasteiger partial charge in [0.1, 0.15) is 11.6 Å². The van der Waals surface area contributed by atoms with Crippen LogP contribution in [0.2, 0.25) is 0 Å². The number of aromatic nitrogens is 1. The maximum Gasteiger partial charge on any atom is 0.199 e. The van der Waals surface area contributed by atoms with E-state index in [9.17, 15) is 13.2 Å². The van der Waals surface area contributed by atoms with E-state index in [1.165, 1.54) is 30.5 Å². The van der Waals surface area contributed by atoms with Crippen molar-refractivity contribution in [3.8, 4) is 11.5 Å². The fraction of sp³-hybridized carbons (Fsp3) is 0.0667. The van der Waals surface area contributed by atoms with E-state index in [1.54, 1.807) is 6.92 Å². The number of halogens is 3. The van der Waals surface area contributed by atoms with Crippen LogP contribution in [0.15, 0.2) is 36.5 Å². The van der Waals surface area contributed by atoms with Gasteiger partial charge in [-0.15, -0.1) is 0 Å². The Kier molecular flexibility index (Phi) is 2.89. The maximum atomic E-state index is 14.2. The van der Waals surface area contributed by atoms with Crippen LogP contribution in [0.3, 0.4) is 0 Å². The smallest absolute Gasteiger partial charge is 0.199 e. The molecule has 1 N–H and O–H groups in total. The molecule has 3 aromatic rings. The van der Waals surface area contributed by atoms with E-state index in [0.29, 0.717) is 11.1 Å².